The second kappa shape index (κ2) is 8.07. The molecule has 7 nitrogen and oxygen atoms in total. The number of para-hydroxylation sites is 1. The largest absolute Gasteiger partial charge is 0.490 e. The van der Waals surface area contributed by atoms with Gasteiger partial charge in [0.1, 0.15) is 0 Å². The molecule has 2 aromatic carbocycles. The van der Waals surface area contributed by atoms with Gasteiger partial charge in [0.25, 0.3) is 0 Å². The van der Waals surface area contributed by atoms with Crippen molar-refractivity contribution in [2.24, 2.45) is 0 Å². The van der Waals surface area contributed by atoms with Gasteiger partial charge in [0.05, 0.1) is 18.6 Å². The Kier molecular flexibility index (Phi) is 5.86. The predicted molar refractivity (Wildman–Crippen MR) is 91.1 cm³/mol. The number of carbonyl (C=O) groups excluding carboxylic acids is 1. The highest BCUT2D eigenvalue weighted by atomic mass is 16.6. The van der Waals surface area contributed by atoms with Crippen LogP contribution in [0.3, 0.4) is 0 Å². The summed E-state index contributed by atoms with van der Waals surface area (Å²) in [6.45, 7) is 0.585. The Balaban J connectivity index is 1.96. The summed E-state index contributed by atoms with van der Waals surface area (Å²) in [5, 5.41) is 13.8. The summed E-state index contributed by atoms with van der Waals surface area (Å²) in [5.41, 5.74) is 1.38. The van der Waals surface area contributed by atoms with Crippen LogP contribution in [0.4, 0.5) is 11.4 Å². The highest BCUT2D eigenvalue weighted by Gasteiger charge is 2.16. The first-order chi connectivity index (χ1) is 11.5. The maximum Gasteiger partial charge on any atom is 0.311 e. The fourth-order valence-electron chi connectivity index (χ4n) is 2.31. The van der Waals surface area contributed by atoms with Crippen LogP contribution < -0.4 is 10.1 Å². The zero-order valence-electron chi connectivity index (χ0n) is 13.6. The molecule has 0 unspecified atom stereocenters. The number of likely N-dealkylation sites (N-methyl/N-ethyl adjacent to an activating group) is 1. The normalized spacial score (nSPS) is 10.5. The monoisotopic (exact) mass is 329 g/mol. The number of nitrogens with zero attached hydrogens (tertiary/aromatic N) is 2. The van der Waals surface area contributed by atoms with Gasteiger partial charge >= 0.3 is 5.69 Å². The number of benzene rings is 2. The fraction of sp³-hybridized carbons (Fsp3) is 0.235. The average molecular weight is 329 g/mol. The number of nitrogens with one attached hydrogen (secondary N) is 1. The Labute approximate surface area is 140 Å². The van der Waals surface area contributed by atoms with E-state index < -0.39 is 4.92 Å². The van der Waals surface area contributed by atoms with Crippen molar-refractivity contribution in [2.45, 2.75) is 6.54 Å². The quantitative estimate of drug-likeness (QED) is 0.623. The molecule has 0 aliphatic heterocycles. The van der Waals surface area contributed by atoms with Gasteiger partial charge in [0.2, 0.25) is 5.91 Å². The van der Waals surface area contributed by atoms with Gasteiger partial charge in [-0.05, 0) is 30.8 Å². The van der Waals surface area contributed by atoms with Crippen molar-refractivity contribution in [3.63, 3.8) is 0 Å². The van der Waals surface area contributed by atoms with E-state index >= 15 is 0 Å². The number of anilines is 1. The fourth-order valence-corrected chi connectivity index (χ4v) is 2.31. The van der Waals surface area contributed by atoms with Crippen LogP contribution in [0.5, 0.6) is 5.75 Å². The minimum atomic E-state index is -0.482. The van der Waals surface area contributed by atoms with E-state index in [9.17, 15) is 14.9 Å². The second-order valence-corrected chi connectivity index (χ2v) is 5.35. The number of ether oxygens (including phenoxy) is 1. The Bertz CT molecular complexity index is 719. The van der Waals surface area contributed by atoms with E-state index in [0.29, 0.717) is 6.54 Å². The molecule has 0 saturated heterocycles. The van der Waals surface area contributed by atoms with Crippen molar-refractivity contribution < 1.29 is 14.5 Å². The smallest absolute Gasteiger partial charge is 0.311 e. The Morgan fingerprint density at radius 2 is 1.96 bits per heavy atom. The molecule has 2 aromatic rings. The zero-order valence-corrected chi connectivity index (χ0v) is 13.6. The molecule has 24 heavy (non-hydrogen) atoms. The molecule has 1 N–H and O–H groups in total. The third-order valence-corrected chi connectivity index (χ3v) is 3.36. The molecule has 1 amide bonds. The molecule has 0 bridgehead atoms. The molecular weight excluding hydrogens is 310 g/mol. The molecule has 0 saturated carbocycles. The first-order valence-electron chi connectivity index (χ1n) is 7.34. The number of rotatable bonds is 7. The summed E-state index contributed by atoms with van der Waals surface area (Å²) in [6, 6.07) is 14.0. The summed E-state index contributed by atoms with van der Waals surface area (Å²) in [6.07, 6.45) is 0. The molecule has 0 heterocycles. The van der Waals surface area contributed by atoms with Crippen LogP contribution in [0.15, 0.2) is 48.5 Å². The van der Waals surface area contributed by atoms with Gasteiger partial charge in [-0.25, -0.2) is 0 Å². The van der Waals surface area contributed by atoms with Crippen molar-refractivity contribution in [2.75, 3.05) is 26.0 Å². The van der Waals surface area contributed by atoms with E-state index in [1.54, 1.807) is 24.1 Å². The topological polar surface area (TPSA) is 84.7 Å². The van der Waals surface area contributed by atoms with E-state index in [2.05, 4.69) is 5.32 Å². The molecular formula is C17H19N3O4. The molecule has 0 radical (unpaired) electrons. The number of methoxy groups -OCH3 is 1. The molecule has 0 aliphatic rings. The molecule has 0 spiro atoms. The summed E-state index contributed by atoms with van der Waals surface area (Å²) < 4.78 is 4.98. The lowest BCUT2D eigenvalue weighted by atomic mass is 10.1. The lowest BCUT2D eigenvalue weighted by molar-refractivity contribution is -0.385. The molecule has 126 valence electrons. The van der Waals surface area contributed by atoms with E-state index in [1.165, 1.54) is 13.2 Å². The van der Waals surface area contributed by atoms with Crippen LogP contribution in [0, 0.1) is 10.1 Å². The van der Waals surface area contributed by atoms with Crippen LogP contribution in [-0.2, 0) is 11.3 Å². The maximum atomic E-state index is 12.0. The van der Waals surface area contributed by atoms with E-state index in [-0.39, 0.29) is 23.9 Å². The molecule has 7 heteroatoms. The minimum Gasteiger partial charge on any atom is -0.490 e. The van der Waals surface area contributed by atoms with Crippen molar-refractivity contribution in [3.8, 4) is 5.75 Å². The lowest BCUT2D eigenvalue weighted by Gasteiger charge is -2.16. The maximum absolute atomic E-state index is 12.0. The van der Waals surface area contributed by atoms with Crippen molar-refractivity contribution in [1.82, 2.24) is 4.90 Å². The highest BCUT2D eigenvalue weighted by Crippen LogP contribution is 2.27. The molecule has 0 aliphatic carbocycles. The first kappa shape index (κ1) is 17.4. The van der Waals surface area contributed by atoms with Crippen molar-refractivity contribution in [1.29, 1.82) is 0 Å². The summed E-state index contributed by atoms with van der Waals surface area (Å²) in [7, 11) is 3.17. The number of hydrogen-bond donors (Lipinski definition) is 1. The van der Waals surface area contributed by atoms with Gasteiger partial charge in [-0.2, -0.15) is 0 Å². The summed E-state index contributed by atoms with van der Waals surface area (Å²) in [4.78, 5) is 24.4. The van der Waals surface area contributed by atoms with Crippen LogP contribution in [-0.4, -0.2) is 36.4 Å². The average Bonchev–Trinajstić information content (AvgIpc) is 2.55. The molecule has 0 fully saturated rings. The number of carbonyl (C=O) groups is 1. The highest BCUT2D eigenvalue weighted by molar-refractivity contribution is 5.92. The third kappa shape index (κ3) is 4.79. The second-order valence-electron chi connectivity index (χ2n) is 5.35. The lowest BCUT2D eigenvalue weighted by Crippen LogP contribution is -2.29. The van der Waals surface area contributed by atoms with Gasteiger partial charge in [-0.1, -0.05) is 24.3 Å². The SMILES string of the molecule is COc1ccc(CN(C)CC(=O)Nc2ccccc2)cc1[N+](=O)[O-]. The van der Waals surface area contributed by atoms with E-state index in [4.69, 9.17) is 4.74 Å². The standard InChI is InChI=1S/C17H19N3O4/c1-19(12-17(21)18-14-6-4-3-5-7-14)11-13-8-9-16(24-2)15(10-13)20(22)23/h3-10H,11-12H2,1-2H3,(H,18,21). The number of nitro groups is 1. The Morgan fingerprint density at radius 1 is 1.25 bits per heavy atom. The number of nitro benzene ring substituents is 1. The van der Waals surface area contributed by atoms with Gasteiger partial charge in [-0.15, -0.1) is 0 Å². The zero-order chi connectivity index (χ0) is 17.5. The van der Waals surface area contributed by atoms with Gasteiger partial charge in [0.15, 0.2) is 5.75 Å². The van der Waals surface area contributed by atoms with Crippen LogP contribution in [0.25, 0.3) is 0 Å². The Morgan fingerprint density at radius 3 is 2.58 bits per heavy atom. The van der Waals surface area contributed by atoms with Gasteiger partial charge in [-0.3, -0.25) is 19.8 Å². The van der Waals surface area contributed by atoms with Crippen molar-refractivity contribution >= 4 is 17.3 Å². The Hall–Kier alpha value is -2.93. The summed E-state index contributed by atoms with van der Waals surface area (Å²) >= 11 is 0. The van der Waals surface area contributed by atoms with E-state index in [0.717, 1.165) is 11.3 Å². The third-order valence-electron chi connectivity index (χ3n) is 3.36. The molecule has 0 aromatic heterocycles. The van der Waals surface area contributed by atoms with Crippen LogP contribution >= 0.6 is 0 Å². The first-order valence-corrected chi connectivity index (χ1v) is 7.34. The molecule has 2 rings (SSSR count). The van der Waals surface area contributed by atoms with Crippen LogP contribution in [0.2, 0.25) is 0 Å². The summed E-state index contributed by atoms with van der Waals surface area (Å²) in [5.74, 6) is 0.0694. The van der Waals surface area contributed by atoms with Crippen molar-refractivity contribution in [3.05, 3.63) is 64.2 Å². The van der Waals surface area contributed by atoms with Gasteiger partial charge in [0, 0.05) is 18.3 Å². The van der Waals surface area contributed by atoms with E-state index in [1.807, 2.05) is 30.3 Å². The van der Waals surface area contributed by atoms with Gasteiger partial charge < -0.3 is 10.1 Å². The number of amides is 1. The van der Waals surface area contributed by atoms with Crippen LogP contribution in [0.1, 0.15) is 5.56 Å². The number of hydrogen-bond acceptors (Lipinski definition) is 5. The molecule has 0 atom stereocenters. The minimum absolute atomic E-state index is 0.0860. The predicted octanol–water partition coefficient (Wildman–Crippen LogP) is 2.67.